The Kier molecular flexibility index (Phi) is 5.06. The van der Waals surface area contributed by atoms with Gasteiger partial charge in [-0.05, 0) is 24.3 Å². The molecule has 2 aromatic rings. The van der Waals surface area contributed by atoms with E-state index in [0.717, 1.165) is 0 Å². The van der Waals surface area contributed by atoms with Crippen molar-refractivity contribution in [3.8, 4) is 0 Å². The van der Waals surface area contributed by atoms with Crippen LogP contribution < -0.4 is 0 Å². The van der Waals surface area contributed by atoms with Gasteiger partial charge in [-0.25, -0.2) is 0 Å². The summed E-state index contributed by atoms with van der Waals surface area (Å²) in [5, 5.41) is 2.07. The van der Waals surface area contributed by atoms with Crippen LogP contribution in [0.1, 0.15) is 0 Å². The van der Waals surface area contributed by atoms with Gasteiger partial charge in [0.1, 0.15) is 5.41 Å². The van der Waals surface area contributed by atoms with Gasteiger partial charge in [0.25, 0.3) is 0 Å². The number of benzene rings is 2. The van der Waals surface area contributed by atoms with Gasteiger partial charge in [0, 0.05) is 0 Å². The molecule has 3 rings (SSSR count). The first-order valence-corrected chi connectivity index (χ1v) is 8.09. The molecule has 0 saturated heterocycles. The maximum Gasteiger partial charge on any atom is 0.673 e. The molecule has 1 heterocycles. The van der Waals surface area contributed by atoms with Crippen molar-refractivity contribution in [2.45, 2.75) is 19.6 Å². The van der Waals surface area contributed by atoms with E-state index in [-0.39, 0.29) is 10.9 Å². The topological polar surface area (TPSA) is 0 Å². The van der Waals surface area contributed by atoms with Gasteiger partial charge in [0.15, 0.2) is 9.79 Å². The van der Waals surface area contributed by atoms with Crippen molar-refractivity contribution in [3.05, 3.63) is 60.5 Å². The first-order chi connectivity index (χ1) is 9.90. The van der Waals surface area contributed by atoms with E-state index in [4.69, 9.17) is 0 Å². The summed E-state index contributed by atoms with van der Waals surface area (Å²) < 4.78 is 39.0. The average Bonchev–Trinajstić information content (AvgIpc) is 2.43. The minimum absolute atomic E-state index is 0.0416. The van der Waals surface area contributed by atoms with Crippen LogP contribution in [-0.2, 0) is 10.9 Å². The molecule has 21 heavy (non-hydrogen) atoms. The van der Waals surface area contributed by atoms with E-state index < -0.39 is 7.25 Å². The fraction of sp³-hybridized carbons (Fsp3) is 0. The molecule has 110 valence electrons. The number of halogens is 4. The highest BCUT2D eigenvalue weighted by atomic mass is 32.2. The second-order valence-corrected chi connectivity index (χ2v) is 6.97. The largest absolute Gasteiger partial charge is 0.673 e. The lowest BCUT2D eigenvalue weighted by atomic mass is 10.3. The standard InChI is InChI=1S/C14H11S2.BF4/c1-2-16-13-9-5-3-7-11(13)15-12-8-4-6-10-14(12)16;2-1(3,4)5/h2-10H,1H2;/q+1;-1. The average molecular weight is 330 g/mol. The number of hydrogen-bond acceptors (Lipinski definition) is 1. The van der Waals surface area contributed by atoms with Gasteiger partial charge in [-0.3, -0.25) is 0 Å². The number of fused-ring (bicyclic) bond motifs is 2. The van der Waals surface area contributed by atoms with Gasteiger partial charge in [0.2, 0.25) is 0 Å². The lowest BCUT2D eigenvalue weighted by Gasteiger charge is -2.15. The van der Waals surface area contributed by atoms with E-state index in [0.29, 0.717) is 0 Å². The van der Waals surface area contributed by atoms with Gasteiger partial charge in [-0.1, -0.05) is 42.6 Å². The number of rotatable bonds is 1. The molecule has 0 atom stereocenters. The molecular formula is C14H11BF4S2. The Morgan fingerprint density at radius 1 is 0.857 bits per heavy atom. The van der Waals surface area contributed by atoms with Crippen LogP contribution in [0.3, 0.4) is 0 Å². The summed E-state index contributed by atoms with van der Waals surface area (Å²) in [5.74, 6) is 0. The minimum Gasteiger partial charge on any atom is -0.418 e. The van der Waals surface area contributed by atoms with E-state index in [1.807, 2.05) is 11.8 Å². The third-order valence-corrected chi connectivity index (χ3v) is 5.96. The predicted octanol–water partition coefficient (Wildman–Crippen LogP) is 5.63. The van der Waals surface area contributed by atoms with Crippen LogP contribution in [0, 0.1) is 0 Å². The summed E-state index contributed by atoms with van der Waals surface area (Å²) in [6, 6.07) is 17.2. The summed E-state index contributed by atoms with van der Waals surface area (Å²) in [6.07, 6.45) is 0. The molecule has 0 amide bonds. The molecule has 0 aliphatic carbocycles. The summed E-state index contributed by atoms with van der Waals surface area (Å²) in [6.45, 7) is 3.99. The Morgan fingerprint density at radius 2 is 1.24 bits per heavy atom. The lowest BCUT2D eigenvalue weighted by Crippen LogP contribution is -2.06. The number of hydrogen-bond donors (Lipinski definition) is 0. The second kappa shape index (κ2) is 6.62. The van der Waals surface area contributed by atoms with Crippen molar-refractivity contribution < 1.29 is 17.3 Å². The minimum atomic E-state index is -6.00. The molecule has 0 spiro atoms. The van der Waals surface area contributed by atoms with Crippen molar-refractivity contribution in [1.82, 2.24) is 0 Å². The van der Waals surface area contributed by atoms with E-state index in [1.54, 1.807) is 0 Å². The lowest BCUT2D eigenvalue weighted by molar-refractivity contribution is 0.368. The molecule has 1 aliphatic heterocycles. The van der Waals surface area contributed by atoms with Crippen molar-refractivity contribution in [2.75, 3.05) is 0 Å². The van der Waals surface area contributed by atoms with Gasteiger partial charge < -0.3 is 17.3 Å². The highest BCUT2D eigenvalue weighted by Gasteiger charge is 2.33. The molecule has 1 aliphatic rings. The summed E-state index contributed by atoms with van der Waals surface area (Å²) >= 11 is 1.86. The fourth-order valence-electron chi connectivity index (χ4n) is 1.85. The molecule has 0 saturated carbocycles. The molecule has 0 bridgehead atoms. The van der Waals surface area contributed by atoms with Crippen LogP contribution in [0.25, 0.3) is 0 Å². The third-order valence-electron chi connectivity index (χ3n) is 2.56. The van der Waals surface area contributed by atoms with Crippen LogP contribution >= 0.6 is 11.8 Å². The molecule has 7 heteroatoms. The summed E-state index contributed by atoms with van der Waals surface area (Å²) in [4.78, 5) is 5.54. The fourth-order valence-corrected chi connectivity index (χ4v) is 5.12. The Labute approximate surface area is 127 Å². The zero-order valence-electron chi connectivity index (χ0n) is 10.8. The predicted molar refractivity (Wildman–Crippen MR) is 81.3 cm³/mol. The van der Waals surface area contributed by atoms with Crippen molar-refractivity contribution in [1.29, 1.82) is 0 Å². The smallest absolute Gasteiger partial charge is 0.418 e. The van der Waals surface area contributed by atoms with Crippen LogP contribution in [0.2, 0.25) is 0 Å². The van der Waals surface area contributed by atoms with Gasteiger partial charge >= 0.3 is 7.25 Å². The van der Waals surface area contributed by atoms with Crippen LogP contribution in [0.5, 0.6) is 0 Å². The Bertz CT molecular complexity index is 591. The monoisotopic (exact) mass is 330 g/mol. The second-order valence-electron chi connectivity index (χ2n) is 3.99. The Hall–Kier alpha value is -1.34. The zero-order chi connectivity index (χ0) is 15.5. The van der Waals surface area contributed by atoms with Crippen molar-refractivity contribution in [2.24, 2.45) is 0 Å². The molecule has 0 unspecified atom stereocenters. The molecule has 0 aromatic heterocycles. The van der Waals surface area contributed by atoms with E-state index in [9.17, 15) is 17.3 Å². The van der Waals surface area contributed by atoms with Crippen LogP contribution in [0.4, 0.5) is 17.3 Å². The van der Waals surface area contributed by atoms with Gasteiger partial charge in [0.05, 0.1) is 20.7 Å². The van der Waals surface area contributed by atoms with Crippen LogP contribution in [-0.4, -0.2) is 7.25 Å². The summed E-state index contributed by atoms with van der Waals surface area (Å²) in [5.41, 5.74) is 0. The van der Waals surface area contributed by atoms with E-state index >= 15 is 0 Å². The molecule has 0 radical (unpaired) electrons. The van der Waals surface area contributed by atoms with Gasteiger partial charge in [-0.2, -0.15) is 0 Å². The highest BCUT2D eigenvalue weighted by molar-refractivity contribution is 8.05. The maximum absolute atomic E-state index is 9.75. The van der Waals surface area contributed by atoms with E-state index in [1.165, 1.54) is 19.6 Å². The highest BCUT2D eigenvalue weighted by Crippen LogP contribution is 2.45. The molecule has 0 N–H and O–H groups in total. The third kappa shape index (κ3) is 4.31. The van der Waals surface area contributed by atoms with Crippen LogP contribution in [0.15, 0.2) is 80.1 Å². The molecule has 0 fully saturated rings. The molecular weight excluding hydrogens is 319 g/mol. The maximum atomic E-state index is 9.75. The molecule has 2 aromatic carbocycles. The summed E-state index contributed by atoms with van der Waals surface area (Å²) in [7, 11) is -5.96. The van der Waals surface area contributed by atoms with Crippen molar-refractivity contribution >= 4 is 29.9 Å². The molecule has 0 nitrogen and oxygen atoms in total. The first-order valence-electron chi connectivity index (χ1n) is 5.99. The Morgan fingerprint density at radius 3 is 1.62 bits per heavy atom. The normalized spacial score (nSPS) is 13.5. The van der Waals surface area contributed by atoms with E-state index in [2.05, 4.69) is 60.5 Å². The van der Waals surface area contributed by atoms with Gasteiger partial charge in [-0.15, -0.1) is 0 Å². The Balaban J connectivity index is 0.000000282. The zero-order valence-corrected chi connectivity index (χ0v) is 12.4. The first kappa shape index (κ1) is 16.0. The van der Waals surface area contributed by atoms with Crippen molar-refractivity contribution in [3.63, 3.8) is 0 Å². The SMILES string of the molecule is C=C[S+]1c2ccccc2Sc2ccccc21.F[B-](F)(F)F. The quantitative estimate of drug-likeness (QED) is 0.371.